The van der Waals surface area contributed by atoms with Crippen LogP contribution in [0, 0.1) is 18.3 Å². The largest absolute Gasteiger partial charge is 0.490 e. The molecule has 9 nitrogen and oxygen atoms in total. The summed E-state index contributed by atoms with van der Waals surface area (Å²) in [6, 6.07) is 17.8. The number of nitrogens with one attached hydrogen (secondary N) is 1. The summed E-state index contributed by atoms with van der Waals surface area (Å²) in [5.74, 6) is -1.74. The van der Waals surface area contributed by atoms with E-state index in [9.17, 15) is 23.3 Å². The van der Waals surface area contributed by atoms with Crippen LogP contribution < -0.4 is 14.2 Å². The Labute approximate surface area is 208 Å². The van der Waals surface area contributed by atoms with Crippen LogP contribution >= 0.6 is 0 Å². The maximum Gasteiger partial charge on any atom is 0.339 e. The first-order chi connectivity index (χ1) is 17.1. The quantitative estimate of drug-likeness (QED) is 0.247. The number of carboxylic acids is 1. The number of aryl methyl sites for hydroxylation is 1. The van der Waals surface area contributed by atoms with Gasteiger partial charge in [0.25, 0.3) is 5.91 Å². The molecule has 0 bridgehead atoms. The van der Waals surface area contributed by atoms with Gasteiger partial charge >= 0.3 is 16.1 Å². The highest BCUT2D eigenvalue weighted by atomic mass is 32.2. The van der Waals surface area contributed by atoms with Gasteiger partial charge in [0, 0.05) is 5.69 Å². The summed E-state index contributed by atoms with van der Waals surface area (Å²) in [5, 5.41) is 21.0. The van der Waals surface area contributed by atoms with E-state index in [1.54, 1.807) is 19.1 Å². The fourth-order valence-electron chi connectivity index (χ4n) is 3.03. The average molecular weight is 507 g/mol. The molecule has 0 spiro atoms. The van der Waals surface area contributed by atoms with Crippen LogP contribution in [-0.4, -0.2) is 32.0 Å². The Morgan fingerprint density at radius 1 is 1.03 bits per heavy atom. The van der Waals surface area contributed by atoms with Crippen molar-refractivity contribution < 1.29 is 32.0 Å². The fourth-order valence-corrected chi connectivity index (χ4v) is 3.97. The molecule has 3 aromatic rings. The van der Waals surface area contributed by atoms with Gasteiger partial charge in [-0.2, -0.15) is 13.7 Å². The first kappa shape index (κ1) is 26.0. The van der Waals surface area contributed by atoms with Crippen LogP contribution in [0.5, 0.6) is 11.5 Å². The van der Waals surface area contributed by atoms with E-state index in [1.165, 1.54) is 60.7 Å². The second-order valence-electron chi connectivity index (χ2n) is 7.50. The highest BCUT2D eigenvalue weighted by Crippen LogP contribution is 2.32. The molecule has 0 unspecified atom stereocenters. The van der Waals surface area contributed by atoms with Crippen molar-refractivity contribution in [2.45, 2.75) is 18.7 Å². The number of nitriles is 1. The lowest BCUT2D eigenvalue weighted by molar-refractivity contribution is -0.112. The topological polar surface area (TPSA) is 143 Å². The lowest BCUT2D eigenvalue weighted by Crippen LogP contribution is -2.13. The Hall–Kier alpha value is -4.62. The van der Waals surface area contributed by atoms with Crippen molar-refractivity contribution in [2.24, 2.45) is 0 Å². The predicted molar refractivity (Wildman–Crippen MR) is 132 cm³/mol. The summed E-state index contributed by atoms with van der Waals surface area (Å²) in [4.78, 5) is 23.5. The minimum absolute atomic E-state index is 0.0145. The number of hydrogen-bond acceptors (Lipinski definition) is 7. The maximum atomic E-state index is 12.7. The van der Waals surface area contributed by atoms with Crippen molar-refractivity contribution in [1.29, 1.82) is 5.26 Å². The molecule has 0 saturated carbocycles. The molecule has 0 aliphatic rings. The molecule has 0 heterocycles. The summed E-state index contributed by atoms with van der Waals surface area (Å²) in [5.41, 5.74) is 1.42. The Balaban J connectivity index is 1.84. The van der Waals surface area contributed by atoms with Gasteiger partial charge in [0.05, 0.1) is 12.2 Å². The number of amides is 1. The van der Waals surface area contributed by atoms with Crippen LogP contribution in [0.2, 0.25) is 0 Å². The van der Waals surface area contributed by atoms with Gasteiger partial charge < -0.3 is 19.3 Å². The fraction of sp³-hybridized carbons (Fsp3) is 0.115. The Morgan fingerprint density at radius 3 is 2.28 bits per heavy atom. The summed E-state index contributed by atoms with van der Waals surface area (Å²) >= 11 is 0. The van der Waals surface area contributed by atoms with Crippen molar-refractivity contribution in [3.05, 3.63) is 89.0 Å². The van der Waals surface area contributed by atoms with E-state index < -0.39 is 22.0 Å². The van der Waals surface area contributed by atoms with Gasteiger partial charge in [0.1, 0.15) is 16.5 Å². The van der Waals surface area contributed by atoms with E-state index in [0.717, 1.165) is 5.56 Å². The zero-order chi connectivity index (χ0) is 26.3. The molecule has 0 aliphatic heterocycles. The highest BCUT2D eigenvalue weighted by Gasteiger charge is 2.20. The third-order valence-corrected chi connectivity index (χ3v) is 6.09. The molecule has 2 N–H and O–H groups in total. The lowest BCUT2D eigenvalue weighted by atomic mass is 10.1. The van der Waals surface area contributed by atoms with Crippen LogP contribution in [-0.2, 0) is 14.9 Å². The zero-order valence-electron chi connectivity index (χ0n) is 19.4. The number of carbonyl (C=O) groups is 2. The molecule has 10 heteroatoms. The van der Waals surface area contributed by atoms with E-state index in [4.69, 9.17) is 14.0 Å². The van der Waals surface area contributed by atoms with Gasteiger partial charge in [-0.1, -0.05) is 23.8 Å². The molecule has 0 aliphatic carbocycles. The first-order valence-electron chi connectivity index (χ1n) is 10.7. The molecule has 3 rings (SSSR count). The summed E-state index contributed by atoms with van der Waals surface area (Å²) < 4.78 is 36.2. The number of anilines is 1. The van der Waals surface area contributed by atoms with E-state index in [2.05, 4.69) is 5.32 Å². The standard InChI is InChI=1S/C26H22N2O7S/c1-3-34-24-15-18(6-13-23(24)35-36(32,33)22-11-4-17(2)5-12-22)14-20(16-27)25(29)28-21-9-7-19(8-10-21)26(30)31/h4-15H,3H2,1-2H3,(H,28,29)(H,30,31)/b20-14+. The minimum atomic E-state index is -4.12. The van der Waals surface area contributed by atoms with E-state index in [1.807, 2.05) is 13.0 Å². The maximum absolute atomic E-state index is 12.7. The molecular weight excluding hydrogens is 484 g/mol. The van der Waals surface area contributed by atoms with Gasteiger partial charge in [0.2, 0.25) is 0 Å². The summed E-state index contributed by atoms with van der Waals surface area (Å²) in [6.07, 6.45) is 1.31. The third kappa shape index (κ3) is 6.49. The SMILES string of the molecule is CCOc1cc(/C=C(\C#N)C(=O)Nc2ccc(C(=O)O)cc2)ccc1OS(=O)(=O)c1ccc(C)cc1. The van der Waals surface area contributed by atoms with Crippen molar-refractivity contribution >= 4 is 33.8 Å². The van der Waals surface area contributed by atoms with Crippen LogP contribution in [0.4, 0.5) is 5.69 Å². The van der Waals surface area contributed by atoms with Gasteiger partial charge in [0.15, 0.2) is 11.5 Å². The molecule has 1 amide bonds. The van der Waals surface area contributed by atoms with Gasteiger partial charge in [-0.25, -0.2) is 4.79 Å². The summed E-state index contributed by atoms with van der Waals surface area (Å²) in [7, 11) is -4.12. The Bertz CT molecular complexity index is 1450. The lowest BCUT2D eigenvalue weighted by Gasteiger charge is -2.13. The second kappa shape index (κ2) is 11.2. The molecule has 36 heavy (non-hydrogen) atoms. The van der Waals surface area contributed by atoms with Gasteiger partial charge in [-0.05, 0) is 74.0 Å². The van der Waals surface area contributed by atoms with Gasteiger partial charge in [-0.3, -0.25) is 4.79 Å². The third-order valence-electron chi connectivity index (χ3n) is 4.84. The number of carboxylic acid groups (broad SMARTS) is 1. The Morgan fingerprint density at radius 2 is 1.69 bits per heavy atom. The van der Waals surface area contributed by atoms with Crippen LogP contribution in [0.15, 0.2) is 77.2 Å². The van der Waals surface area contributed by atoms with E-state index in [0.29, 0.717) is 11.3 Å². The van der Waals surface area contributed by atoms with Crippen molar-refractivity contribution in [3.8, 4) is 17.6 Å². The zero-order valence-corrected chi connectivity index (χ0v) is 20.2. The van der Waals surface area contributed by atoms with Crippen molar-refractivity contribution in [1.82, 2.24) is 0 Å². The van der Waals surface area contributed by atoms with Crippen LogP contribution in [0.3, 0.4) is 0 Å². The van der Waals surface area contributed by atoms with Crippen molar-refractivity contribution in [3.63, 3.8) is 0 Å². The monoisotopic (exact) mass is 506 g/mol. The molecule has 0 saturated heterocycles. The Kier molecular flexibility index (Phi) is 8.09. The molecule has 0 atom stereocenters. The number of carbonyl (C=O) groups excluding carboxylic acids is 1. The van der Waals surface area contributed by atoms with E-state index in [-0.39, 0.29) is 34.1 Å². The molecule has 184 valence electrons. The normalized spacial score (nSPS) is 11.3. The molecule has 0 radical (unpaired) electrons. The molecule has 3 aromatic carbocycles. The number of benzene rings is 3. The molecular formula is C26H22N2O7S. The predicted octanol–water partition coefficient (Wildman–Crippen LogP) is 4.41. The minimum Gasteiger partial charge on any atom is -0.490 e. The van der Waals surface area contributed by atoms with Gasteiger partial charge in [-0.15, -0.1) is 0 Å². The van der Waals surface area contributed by atoms with Crippen LogP contribution in [0.1, 0.15) is 28.4 Å². The van der Waals surface area contributed by atoms with Crippen LogP contribution in [0.25, 0.3) is 6.08 Å². The second-order valence-corrected chi connectivity index (χ2v) is 9.04. The average Bonchev–Trinajstić information content (AvgIpc) is 2.84. The summed E-state index contributed by atoms with van der Waals surface area (Å²) in [6.45, 7) is 3.76. The highest BCUT2D eigenvalue weighted by molar-refractivity contribution is 7.87. The molecule has 0 aromatic heterocycles. The van der Waals surface area contributed by atoms with E-state index >= 15 is 0 Å². The number of hydrogen-bond donors (Lipinski definition) is 2. The number of rotatable bonds is 9. The number of ether oxygens (including phenoxy) is 1. The number of aromatic carboxylic acids is 1. The molecule has 0 fully saturated rings. The first-order valence-corrected chi connectivity index (χ1v) is 12.1. The van der Waals surface area contributed by atoms with Crippen molar-refractivity contribution in [2.75, 3.05) is 11.9 Å². The smallest absolute Gasteiger partial charge is 0.339 e. The number of nitrogens with zero attached hydrogens (tertiary/aromatic N) is 1.